The number of benzene rings is 1. The van der Waals surface area contributed by atoms with E-state index in [0.717, 1.165) is 21.5 Å². The van der Waals surface area contributed by atoms with Crippen molar-refractivity contribution in [3.8, 4) is 0 Å². The Morgan fingerprint density at radius 3 is 3.00 bits per heavy atom. The van der Waals surface area contributed by atoms with Gasteiger partial charge in [-0.05, 0) is 38.0 Å². The van der Waals surface area contributed by atoms with E-state index in [1.165, 1.54) is 11.3 Å². The number of carbonyl (C=O) groups excluding carboxylic acids is 3. The van der Waals surface area contributed by atoms with Crippen LogP contribution in [0.5, 0.6) is 0 Å². The predicted octanol–water partition coefficient (Wildman–Crippen LogP) is 3.49. The van der Waals surface area contributed by atoms with Crippen LogP contribution in [0.3, 0.4) is 0 Å². The molecule has 9 heteroatoms. The summed E-state index contributed by atoms with van der Waals surface area (Å²) in [6, 6.07) is 7.46. The number of nitrogens with zero attached hydrogens (tertiary/aromatic N) is 2. The highest BCUT2D eigenvalue weighted by Gasteiger charge is 2.37. The lowest BCUT2D eigenvalue weighted by Crippen LogP contribution is -2.28. The average molecular weight is 478 g/mol. The fourth-order valence-electron chi connectivity index (χ4n) is 3.74. The first-order valence-corrected chi connectivity index (χ1v) is 11.1. The van der Waals surface area contributed by atoms with Gasteiger partial charge >= 0.3 is 5.97 Å². The molecule has 2 aliphatic rings. The lowest BCUT2D eigenvalue weighted by Gasteiger charge is -2.16. The Kier molecular flexibility index (Phi) is 5.69. The molecule has 152 valence electrons. The standard InChI is InChI=1S/C20H20BrN3O4S/c1-2-28-19(27)14-6-7-15-17(14)22-20(29-15)23-18(26)11-8-16(25)24(10-11)13-5-3-4-12(21)9-13/h3-5,9,11,14H,2,6-8,10H2,1H3,(H,22,23,26)/t11-,14-/m0/s1. The monoisotopic (exact) mass is 477 g/mol. The molecule has 0 saturated carbocycles. The number of nitrogens with one attached hydrogen (secondary N) is 1. The minimum Gasteiger partial charge on any atom is -0.465 e. The van der Waals surface area contributed by atoms with Gasteiger partial charge in [0.15, 0.2) is 5.13 Å². The third-order valence-electron chi connectivity index (χ3n) is 5.13. The number of rotatable bonds is 5. The molecule has 2 atom stereocenters. The van der Waals surface area contributed by atoms with Gasteiger partial charge in [0, 0.05) is 28.0 Å². The lowest BCUT2D eigenvalue weighted by molar-refractivity contribution is -0.145. The number of anilines is 2. The summed E-state index contributed by atoms with van der Waals surface area (Å²) in [7, 11) is 0. The van der Waals surface area contributed by atoms with Gasteiger partial charge in [0.05, 0.1) is 18.2 Å². The van der Waals surface area contributed by atoms with Crippen LogP contribution in [0.2, 0.25) is 0 Å². The van der Waals surface area contributed by atoms with Crippen LogP contribution in [0, 0.1) is 5.92 Å². The van der Waals surface area contributed by atoms with E-state index in [2.05, 4.69) is 26.2 Å². The van der Waals surface area contributed by atoms with Gasteiger partial charge in [-0.25, -0.2) is 4.98 Å². The zero-order valence-electron chi connectivity index (χ0n) is 15.8. The summed E-state index contributed by atoms with van der Waals surface area (Å²) >= 11 is 4.80. The number of fused-ring (bicyclic) bond motifs is 1. The fraction of sp³-hybridized carbons (Fsp3) is 0.400. The molecule has 1 N–H and O–H groups in total. The molecule has 1 aromatic carbocycles. The number of aryl methyl sites for hydroxylation is 1. The molecule has 2 heterocycles. The Bertz CT molecular complexity index is 976. The van der Waals surface area contributed by atoms with Crippen molar-refractivity contribution in [2.24, 2.45) is 5.92 Å². The van der Waals surface area contributed by atoms with Gasteiger partial charge in [-0.15, -0.1) is 11.3 Å². The second-order valence-electron chi connectivity index (χ2n) is 7.05. The number of carbonyl (C=O) groups is 3. The number of esters is 1. The molecule has 4 rings (SSSR count). The van der Waals surface area contributed by atoms with Crippen molar-refractivity contribution in [3.05, 3.63) is 39.3 Å². The first kappa shape index (κ1) is 20.0. The van der Waals surface area contributed by atoms with Gasteiger partial charge in [0.2, 0.25) is 11.8 Å². The Morgan fingerprint density at radius 1 is 1.41 bits per heavy atom. The fourth-order valence-corrected chi connectivity index (χ4v) is 5.17. The van der Waals surface area contributed by atoms with Crippen LogP contribution in [0.1, 0.15) is 36.3 Å². The molecular weight excluding hydrogens is 458 g/mol. The van der Waals surface area contributed by atoms with Crippen molar-refractivity contribution in [3.63, 3.8) is 0 Å². The van der Waals surface area contributed by atoms with Crippen molar-refractivity contribution in [2.75, 3.05) is 23.4 Å². The highest BCUT2D eigenvalue weighted by Crippen LogP contribution is 2.39. The van der Waals surface area contributed by atoms with Crippen molar-refractivity contribution in [1.82, 2.24) is 4.98 Å². The maximum absolute atomic E-state index is 12.7. The van der Waals surface area contributed by atoms with Crippen molar-refractivity contribution in [2.45, 2.75) is 32.1 Å². The Hall–Kier alpha value is -2.26. The molecule has 0 spiro atoms. The molecule has 2 amide bonds. The number of hydrogen-bond donors (Lipinski definition) is 1. The SMILES string of the molecule is CCOC(=O)[C@H]1CCc2sc(NC(=O)[C@H]3CC(=O)N(c4cccc(Br)c4)C3)nc21. The van der Waals surface area contributed by atoms with E-state index in [-0.39, 0.29) is 30.1 Å². The zero-order valence-corrected chi connectivity index (χ0v) is 18.2. The van der Waals surface area contributed by atoms with Crippen LogP contribution in [0.4, 0.5) is 10.8 Å². The number of ether oxygens (including phenoxy) is 1. The topological polar surface area (TPSA) is 88.6 Å². The molecule has 0 unspecified atom stereocenters. The van der Waals surface area contributed by atoms with Crippen molar-refractivity contribution >= 4 is 55.9 Å². The van der Waals surface area contributed by atoms with Crippen molar-refractivity contribution in [1.29, 1.82) is 0 Å². The van der Waals surface area contributed by atoms with Crippen LogP contribution in [0.25, 0.3) is 0 Å². The molecule has 1 aromatic heterocycles. The first-order valence-electron chi connectivity index (χ1n) is 9.49. The quantitative estimate of drug-likeness (QED) is 0.665. The number of halogens is 1. The lowest BCUT2D eigenvalue weighted by atomic mass is 10.1. The minimum atomic E-state index is -0.443. The van der Waals surface area contributed by atoms with Crippen LogP contribution in [-0.4, -0.2) is 35.9 Å². The largest absolute Gasteiger partial charge is 0.465 e. The molecule has 1 fully saturated rings. The van der Waals surface area contributed by atoms with E-state index in [4.69, 9.17) is 4.74 Å². The molecule has 0 bridgehead atoms. The highest BCUT2D eigenvalue weighted by atomic mass is 79.9. The van der Waals surface area contributed by atoms with E-state index >= 15 is 0 Å². The summed E-state index contributed by atoms with van der Waals surface area (Å²) < 4.78 is 6.00. The van der Waals surface area contributed by atoms with Gasteiger partial charge in [0.1, 0.15) is 5.92 Å². The summed E-state index contributed by atoms with van der Waals surface area (Å²) in [4.78, 5) is 44.3. The van der Waals surface area contributed by atoms with E-state index in [1.54, 1.807) is 11.8 Å². The molecule has 1 aliphatic heterocycles. The van der Waals surface area contributed by atoms with E-state index in [0.29, 0.717) is 30.4 Å². The smallest absolute Gasteiger partial charge is 0.315 e. The van der Waals surface area contributed by atoms with E-state index in [9.17, 15) is 14.4 Å². The number of hydrogen-bond acceptors (Lipinski definition) is 6. The minimum absolute atomic E-state index is 0.0766. The highest BCUT2D eigenvalue weighted by molar-refractivity contribution is 9.10. The second kappa shape index (κ2) is 8.23. The Labute approximate surface area is 180 Å². The molecule has 2 aromatic rings. The van der Waals surface area contributed by atoms with Crippen LogP contribution >= 0.6 is 27.3 Å². The number of amides is 2. The second-order valence-corrected chi connectivity index (χ2v) is 9.04. The third-order valence-corrected chi connectivity index (χ3v) is 6.67. The molecule has 1 aliphatic carbocycles. The maximum atomic E-state index is 12.7. The molecule has 1 saturated heterocycles. The van der Waals surface area contributed by atoms with E-state index < -0.39 is 5.92 Å². The molecular formula is C20H20BrN3O4S. The first-order chi connectivity index (χ1) is 14.0. The Morgan fingerprint density at radius 2 is 2.24 bits per heavy atom. The van der Waals surface area contributed by atoms with Crippen LogP contribution in [0.15, 0.2) is 28.7 Å². The molecule has 29 heavy (non-hydrogen) atoms. The zero-order chi connectivity index (χ0) is 20.5. The van der Waals surface area contributed by atoms with Gasteiger partial charge in [-0.3, -0.25) is 14.4 Å². The Balaban J connectivity index is 1.42. The van der Waals surface area contributed by atoms with Crippen molar-refractivity contribution < 1.29 is 19.1 Å². The van der Waals surface area contributed by atoms with Gasteiger partial charge in [0.25, 0.3) is 0 Å². The summed E-state index contributed by atoms with van der Waals surface area (Å²) in [6.45, 7) is 2.45. The number of aromatic nitrogens is 1. The summed E-state index contributed by atoms with van der Waals surface area (Å²) in [5.41, 5.74) is 1.48. The van der Waals surface area contributed by atoms with Gasteiger partial charge in [-0.1, -0.05) is 22.0 Å². The average Bonchev–Trinajstić information content (AvgIpc) is 3.35. The van der Waals surface area contributed by atoms with Gasteiger partial charge in [-0.2, -0.15) is 0 Å². The predicted molar refractivity (Wildman–Crippen MR) is 113 cm³/mol. The van der Waals surface area contributed by atoms with E-state index in [1.807, 2.05) is 24.3 Å². The summed E-state index contributed by atoms with van der Waals surface area (Å²) in [5.74, 6) is -1.36. The maximum Gasteiger partial charge on any atom is 0.315 e. The summed E-state index contributed by atoms with van der Waals surface area (Å²) in [6.07, 6.45) is 1.61. The van der Waals surface area contributed by atoms with Gasteiger partial charge < -0.3 is 15.0 Å². The molecule has 0 radical (unpaired) electrons. The molecule has 7 nitrogen and oxygen atoms in total. The third kappa shape index (κ3) is 4.06. The van der Waals surface area contributed by atoms with Crippen LogP contribution < -0.4 is 10.2 Å². The number of thiazole rings is 1. The van der Waals surface area contributed by atoms with Crippen LogP contribution in [-0.2, 0) is 25.5 Å². The summed E-state index contributed by atoms with van der Waals surface area (Å²) in [5, 5.41) is 3.31. The normalized spacial score (nSPS) is 20.6.